The minimum absolute atomic E-state index is 0.0652. The summed E-state index contributed by atoms with van der Waals surface area (Å²) in [5, 5.41) is 0. The largest absolute Gasteiger partial charge is 0.466 e. The summed E-state index contributed by atoms with van der Waals surface area (Å²) in [5.74, 6) is -0.0652. The molecule has 100 valence electrons. The molecule has 0 fully saturated rings. The SMILES string of the molecule is CCCC(=O)OCCCCc1c(C)cccc1C. The van der Waals surface area contributed by atoms with E-state index >= 15 is 0 Å². The molecular weight excluding hydrogens is 224 g/mol. The Morgan fingerprint density at radius 1 is 1.17 bits per heavy atom. The van der Waals surface area contributed by atoms with Gasteiger partial charge < -0.3 is 4.74 Å². The molecule has 0 aliphatic heterocycles. The standard InChI is InChI=1S/C16H24O2/c1-4-8-16(17)18-12-6-5-11-15-13(2)9-7-10-14(15)3/h7,9-10H,4-6,8,11-12H2,1-3H3. The second kappa shape index (κ2) is 7.91. The van der Waals surface area contributed by atoms with Crippen LogP contribution < -0.4 is 0 Å². The minimum Gasteiger partial charge on any atom is -0.466 e. The van der Waals surface area contributed by atoms with Gasteiger partial charge in [0, 0.05) is 6.42 Å². The zero-order valence-electron chi connectivity index (χ0n) is 11.8. The van der Waals surface area contributed by atoms with E-state index in [1.165, 1.54) is 16.7 Å². The average Bonchev–Trinajstić information content (AvgIpc) is 2.32. The van der Waals surface area contributed by atoms with Crippen molar-refractivity contribution in [1.82, 2.24) is 0 Å². The van der Waals surface area contributed by atoms with Crippen molar-refractivity contribution in [2.75, 3.05) is 6.61 Å². The summed E-state index contributed by atoms with van der Waals surface area (Å²) in [6.45, 7) is 6.86. The van der Waals surface area contributed by atoms with E-state index in [0.717, 1.165) is 25.7 Å². The van der Waals surface area contributed by atoms with Gasteiger partial charge in [-0.3, -0.25) is 4.79 Å². The fourth-order valence-electron chi connectivity index (χ4n) is 2.11. The molecule has 18 heavy (non-hydrogen) atoms. The van der Waals surface area contributed by atoms with E-state index in [2.05, 4.69) is 32.0 Å². The molecule has 0 heterocycles. The van der Waals surface area contributed by atoms with Crippen LogP contribution in [0.15, 0.2) is 18.2 Å². The molecule has 0 saturated carbocycles. The molecule has 1 aromatic rings. The van der Waals surface area contributed by atoms with Gasteiger partial charge in [-0.2, -0.15) is 0 Å². The van der Waals surface area contributed by atoms with Crippen molar-refractivity contribution in [2.24, 2.45) is 0 Å². The third-order valence-corrected chi connectivity index (χ3v) is 3.18. The average molecular weight is 248 g/mol. The molecule has 0 unspecified atom stereocenters. The number of aryl methyl sites for hydroxylation is 2. The van der Waals surface area contributed by atoms with E-state index in [-0.39, 0.29) is 5.97 Å². The van der Waals surface area contributed by atoms with Crippen molar-refractivity contribution in [2.45, 2.75) is 52.9 Å². The Morgan fingerprint density at radius 3 is 2.44 bits per heavy atom. The lowest BCUT2D eigenvalue weighted by molar-refractivity contribution is -0.143. The first-order chi connectivity index (χ1) is 8.65. The summed E-state index contributed by atoms with van der Waals surface area (Å²) >= 11 is 0. The maximum atomic E-state index is 11.2. The first-order valence-electron chi connectivity index (χ1n) is 6.86. The topological polar surface area (TPSA) is 26.3 Å². The molecule has 0 atom stereocenters. The van der Waals surface area contributed by atoms with Crippen molar-refractivity contribution in [3.63, 3.8) is 0 Å². The highest BCUT2D eigenvalue weighted by Gasteiger charge is 2.03. The van der Waals surface area contributed by atoms with E-state index in [1.807, 2.05) is 6.92 Å². The van der Waals surface area contributed by atoms with Crippen LogP contribution in [-0.2, 0) is 16.0 Å². The first kappa shape index (κ1) is 14.7. The van der Waals surface area contributed by atoms with Crippen LogP contribution in [0.1, 0.15) is 49.3 Å². The van der Waals surface area contributed by atoms with Crippen LogP contribution in [0.3, 0.4) is 0 Å². The maximum Gasteiger partial charge on any atom is 0.305 e. The molecule has 0 aliphatic carbocycles. The van der Waals surface area contributed by atoms with Gasteiger partial charge in [-0.05, 0) is 56.2 Å². The van der Waals surface area contributed by atoms with Crippen molar-refractivity contribution in [1.29, 1.82) is 0 Å². The summed E-state index contributed by atoms with van der Waals surface area (Å²) in [5.41, 5.74) is 4.16. The lowest BCUT2D eigenvalue weighted by Gasteiger charge is -2.09. The molecule has 0 aromatic heterocycles. The zero-order chi connectivity index (χ0) is 13.4. The molecule has 0 amide bonds. The summed E-state index contributed by atoms with van der Waals surface area (Å²) in [6, 6.07) is 6.41. The van der Waals surface area contributed by atoms with Crippen LogP contribution >= 0.6 is 0 Å². The molecule has 0 saturated heterocycles. The molecule has 0 spiro atoms. The van der Waals surface area contributed by atoms with Crippen LogP contribution in [0.4, 0.5) is 0 Å². The van der Waals surface area contributed by atoms with Gasteiger partial charge in [0.1, 0.15) is 0 Å². The van der Waals surface area contributed by atoms with E-state index in [4.69, 9.17) is 4.74 Å². The molecule has 2 heteroatoms. The highest BCUT2D eigenvalue weighted by molar-refractivity contribution is 5.69. The van der Waals surface area contributed by atoms with Gasteiger partial charge in [0.15, 0.2) is 0 Å². The number of carbonyl (C=O) groups excluding carboxylic acids is 1. The molecule has 0 bridgehead atoms. The molecular formula is C16H24O2. The smallest absolute Gasteiger partial charge is 0.305 e. The second-order valence-electron chi connectivity index (χ2n) is 4.80. The van der Waals surface area contributed by atoms with Gasteiger partial charge in [-0.25, -0.2) is 0 Å². The second-order valence-corrected chi connectivity index (χ2v) is 4.80. The van der Waals surface area contributed by atoms with E-state index < -0.39 is 0 Å². The van der Waals surface area contributed by atoms with Crippen LogP contribution in [0.5, 0.6) is 0 Å². The number of carbonyl (C=O) groups is 1. The van der Waals surface area contributed by atoms with Crippen LogP contribution in [0.2, 0.25) is 0 Å². The monoisotopic (exact) mass is 248 g/mol. The number of hydrogen-bond donors (Lipinski definition) is 0. The van der Waals surface area contributed by atoms with E-state index in [0.29, 0.717) is 13.0 Å². The van der Waals surface area contributed by atoms with Gasteiger partial charge in [0.2, 0.25) is 0 Å². The van der Waals surface area contributed by atoms with E-state index in [1.54, 1.807) is 0 Å². The predicted molar refractivity (Wildman–Crippen MR) is 74.7 cm³/mol. The Labute approximate surface area is 110 Å². The Morgan fingerprint density at radius 2 is 1.83 bits per heavy atom. The van der Waals surface area contributed by atoms with Crippen LogP contribution in [0.25, 0.3) is 0 Å². The number of hydrogen-bond acceptors (Lipinski definition) is 2. The third-order valence-electron chi connectivity index (χ3n) is 3.18. The maximum absolute atomic E-state index is 11.2. The number of unbranched alkanes of at least 4 members (excludes halogenated alkanes) is 1. The van der Waals surface area contributed by atoms with E-state index in [9.17, 15) is 4.79 Å². The van der Waals surface area contributed by atoms with Gasteiger partial charge in [0.25, 0.3) is 0 Å². The summed E-state index contributed by atoms with van der Waals surface area (Å²) < 4.78 is 5.14. The Balaban J connectivity index is 2.24. The number of esters is 1. The summed E-state index contributed by atoms with van der Waals surface area (Å²) in [6.07, 6.45) is 4.50. The molecule has 1 rings (SSSR count). The summed E-state index contributed by atoms with van der Waals surface area (Å²) in [4.78, 5) is 11.2. The van der Waals surface area contributed by atoms with Gasteiger partial charge in [0.05, 0.1) is 6.61 Å². The first-order valence-corrected chi connectivity index (χ1v) is 6.86. The van der Waals surface area contributed by atoms with Gasteiger partial charge >= 0.3 is 5.97 Å². The van der Waals surface area contributed by atoms with Gasteiger partial charge in [-0.15, -0.1) is 0 Å². The Hall–Kier alpha value is -1.31. The normalized spacial score (nSPS) is 10.4. The Kier molecular flexibility index (Phi) is 6.48. The van der Waals surface area contributed by atoms with Crippen LogP contribution in [0, 0.1) is 13.8 Å². The van der Waals surface area contributed by atoms with Crippen LogP contribution in [-0.4, -0.2) is 12.6 Å². The molecule has 1 aromatic carbocycles. The zero-order valence-corrected chi connectivity index (χ0v) is 11.8. The van der Waals surface area contributed by atoms with Crippen molar-refractivity contribution in [3.05, 3.63) is 34.9 Å². The fourth-order valence-corrected chi connectivity index (χ4v) is 2.11. The highest BCUT2D eigenvalue weighted by atomic mass is 16.5. The number of benzene rings is 1. The molecule has 0 radical (unpaired) electrons. The van der Waals surface area contributed by atoms with Crippen molar-refractivity contribution < 1.29 is 9.53 Å². The number of rotatable bonds is 7. The molecule has 0 aliphatic rings. The highest BCUT2D eigenvalue weighted by Crippen LogP contribution is 2.15. The molecule has 2 nitrogen and oxygen atoms in total. The predicted octanol–water partition coefficient (Wildman–Crippen LogP) is 3.97. The van der Waals surface area contributed by atoms with Crippen molar-refractivity contribution in [3.8, 4) is 0 Å². The Bertz CT molecular complexity index is 362. The fraction of sp³-hybridized carbons (Fsp3) is 0.562. The summed E-state index contributed by atoms with van der Waals surface area (Å²) in [7, 11) is 0. The quantitative estimate of drug-likeness (QED) is 0.539. The lowest BCUT2D eigenvalue weighted by Crippen LogP contribution is -2.05. The third kappa shape index (κ3) is 4.91. The van der Waals surface area contributed by atoms with Crippen molar-refractivity contribution >= 4 is 5.97 Å². The molecule has 0 N–H and O–H groups in total. The number of ether oxygens (including phenoxy) is 1. The van der Waals surface area contributed by atoms with Gasteiger partial charge in [-0.1, -0.05) is 25.1 Å². The minimum atomic E-state index is -0.0652. The lowest BCUT2D eigenvalue weighted by atomic mass is 9.98.